The van der Waals surface area contributed by atoms with Gasteiger partial charge in [0, 0.05) is 12.0 Å². The van der Waals surface area contributed by atoms with Gasteiger partial charge in [0.1, 0.15) is 0 Å². The second-order valence-electron chi connectivity index (χ2n) is 5.13. The molecule has 4 heteroatoms. The van der Waals surface area contributed by atoms with Gasteiger partial charge < -0.3 is 16.8 Å². The first kappa shape index (κ1) is 12.5. The van der Waals surface area contributed by atoms with Crippen molar-refractivity contribution < 1.29 is 4.79 Å². The van der Waals surface area contributed by atoms with E-state index < -0.39 is 5.91 Å². The van der Waals surface area contributed by atoms with Crippen LogP contribution in [0.1, 0.15) is 28.3 Å². The highest BCUT2D eigenvalue weighted by Crippen LogP contribution is 2.43. The molecule has 4 nitrogen and oxygen atoms in total. The lowest BCUT2D eigenvalue weighted by molar-refractivity contribution is 0.100. The summed E-state index contributed by atoms with van der Waals surface area (Å²) >= 11 is 0. The van der Waals surface area contributed by atoms with E-state index in [9.17, 15) is 4.79 Å². The molecular weight excluding hydrogens is 250 g/mol. The zero-order chi connectivity index (χ0) is 14.1. The van der Waals surface area contributed by atoms with Gasteiger partial charge in [-0.05, 0) is 24.1 Å². The quantitative estimate of drug-likeness (QED) is 0.744. The van der Waals surface area contributed by atoms with Gasteiger partial charge in [-0.25, -0.2) is 0 Å². The molecule has 102 valence electrons. The number of hydrogen-bond donors (Lipinski definition) is 3. The predicted octanol–water partition coefficient (Wildman–Crippen LogP) is 2.34. The standard InChI is InChI=1S/C16H17N3O/c17-15-11(16(18)20)7-4-8-13(15)19-14-9-12(14)10-5-2-1-3-6-10/h1-8,12,14,19H,9,17H2,(H2,18,20). The molecule has 2 aromatic carbocycles. The van der Waals surface area contributed by atoms with Gasteiger partial charge in [-0.1, -0.05) is 36.4 Å². The summed E-state index contributed by atoms with van der Waals surface area (Å²) in [5, 5.41) is 3.40. The van der Waals surface area contributed by atoms with Crippen LogP contribution < -0.4 is 16.8 Å². The molecule has 1 amide bonds. The van der Waals surface area contributed by atoms with Crippen LogP contribution in [0.4, 0.5) is 11.4 Å². The normalized spacial score (nSPS) is 20.4. The van der Waals surface area contributed by atoms with Gasteiger partial charge in [0.2, 0.25) is 0 Å². The Bertz CT molecular complexity index is 639. The number of amides is 1. The number of carbonyl (C=O) groups excluding carboxylic acids is 1. The number of hydrogen-bond acceptors (Lipinski definition) is 3. The van der Waals surface area contributed by atoms with Crippen molar-refractivity contribution in [1.82, 2.24) is 0 Å². The molecule has 3 rings (SSSR count). The van der Waals surface area contributed by atoms with Gasteiger partial charge in [0.25, 0.3) is 5.91 Å². The Kier molecular flexibility index (Phi) is 3.06. The van der Waals surface area contributed by atoms with Crippen molar-refractivity contribution in [3.63, 3.8) is 0 Å². The molecule has 0 aliphatic heterocycles. The van der Waals surface area contributed by atoms with Crippen LogP contribution in [0.2, 0.25) is 0 Å². The lowest BCUT2D eigenvalue weighted by Crippen LogP contribution is -2.15. The smallest absolute Gasteiger partial charge is 0.250 e. The highest BCUT2D eigenvalue weighted by atomic mass is 16.1. The van der Waals surface area contributed by atoms with Crippen molar-refractivity contribution in [2.45, 2.75) is 18.4 Å². The zero-order valence-electron chi connectivity index (χ0n) is 11.0. The number of nitrogens with two attached hydrogens (primary N) is 2. The number of carbonyl (C=O) groups is 1. The molecule has 20 heavy (non-hydrogen) atoms. The van der Waals surface area contributed by atoms with Gasteiger partial charge in [-0.3, -0.25) is 4.79 Å². The number of anilines is 2. The van der Waals surface area contributed by atoms with E-state index in [1.54, 1.807) is 12.1 Å². The van der Waals surface area contributed by atoms with E-state index in [-0.39, 0.29) is 0 Å². The van der Waals surface area contributed by atoms with Crippen LogP contribution in [0.5, 0.6) is 0 Å². The van der Waals surface area contributed by atoms with E-state index in [2.05, 4.69) is 17.4 Å². The molecule has 5 N–H and O–H groups in total. The lowest BCUT2D eigenvalue weighted by Gasteiger charge is -2.11. The summed E-state index contributed by atoms with van der Waals surface area (Å²) < 4.78 is 0. The Morgan fingerprint density at radius 2 is 1.85 bits per heavy atom. The van der Waals surface area contributed by atoms with Crippen LogP contribution in [0.25, 0.3) is 0 Å². The lowest BCUT2D eigenvalue weighted by atomic mass is 10.1. The second-order valence-corrected chi connectivity index (χ2v) is 5.13. The van der Waals surface area contributed by atoms with Gasteiger partial charge >= 0.3 is 0 Å². The molecule has 0 saturated heterocycles. The van der Waals surface area contributed by atoms with Gasteiger partial charge in [0.05, 0.1) is 16.9 Å². The molecule has 1 aliphatic carbocycles. The zero-order valence-corrected chi connectivity index (χ0v) is 11.0. The molecule has 0 radical (unpaired) electrons. The average molecular weight is 267 g/mol. The van der Waals surface area contributed by atoms with Crippen molar-refractivity contribution in [2.24, 2.45) is 5.73 Å². The topological polar surface area (TPSA) is 81.1 Å². The number of nitrogens with one attached hydrogen (secondary N) is 1. The van der Waals surface area contributed by atoms with Crippen molar-refractivity contribution in [3.8, 4) is 0 Å². The summed E-state index contributed by atoms with van der Waals surface area (Å²) in [5.41, 5.74) is 14.2. The van der Waals surface area contributed by atoms with E-state index in [4.69, 9.17) is 11.5 Å². The summed E-state index contributed by atoms with van der Waals surface area (Å²) in [6.45, 7) is 0. The highest BCUT2D eigenvalue weighted by Gasteiger charge is 2.38. The van der Waals surface area contributed by atoms with Gasteiger partial charge in [0.15, 0.2) is 0 Å². The Hall–Kier alpha value is -2.49. The second kappa shape index (κ2) is 4.89. The third kappa shape index (κ3) is 2.32. The summed E-state index contributed by atoms with van der Waals surface area (Å²) in [6.07, 6.45) is 1.07. The minimum absolute atomic E-state index is 0.364. The number of para-hydroxylation sites is 1. The minimum atomic E-state index is -0.499. The fourth-order valence-electron chi connectivity index (χ4n) is 2.53. The maximum atomic E-state index is 11.3. The SMILES string of the molecule is NC(=O)c1cccc(NC2CC2c2ccccc2)c1N. The third-order valence-corrected chi connectivity index (χ3v) is 3.73. The molecule has 0 spiro atoms. The molecule has 0 bridgehead atoms. The fraction of sp³-hybridized carbons (Fsp3) is 0.188. The molecule has 0 aromatic heterocycles. The summed E-state index contributed by atoms with van der Waals surface area (Å²) in [6, 6.07) is 16.1. The number of nitrogen functional groups attached to an aromatic ring is 1. The monoisotopic (exact) mass is 267 g/mol. The molecular formula is C16H17N3O. The van der Waals surface area contributed by atoms with Crippen molar-refractivity contribution in [1.29, 1.82) is 0 Å². The van der Waals surface area contributed by atoms with Crippen LogP contribution >= 0.6 is 0 Å². The molecule has 1 fully saturated rings. The van der Waals surface area contributed by atoms with Crippen molar-refractivity contribution in [3.05, 3.63) is 59.7 Å². The van der Waals surface area contributed by atoms with E-state index >= 15 is 0 Å². The van der Waals surface area contributed by atoms with Crippen molar-refractivity contribution in [2.75, 3.05) is 11.1 Å². The highest BCUT2D eigenvalue weighted by molar-refractivity contribution is 6.00. The maximum Gasteiger partial charge on any atom is 0.250 e. The van der Waals surface area contributed by atoms with Gasteiger partial charge in [-0.2, -0.15) is 0 Å². The largest absolute Gasteiger partial charge is 0.396 e. The summed E-state index contributed by atoms with van der Waals surface area (Å²) in [7, 11) is 0. The number of primary amides is 1. The Morgan fingerprint density at radius 1 is 1.10 bits per heavy atom. The first-order valence-corrected chi connectivity index (χ1v) is 6.66. The maximum absolute atomic E-state index is 11.3. The Morgan fingerprint density at radius 3 is 2.55 bits per heavy atom. The van der Waals surface area contributed by atoms with Crippen LogP contribution in [0, 0.1) is 0 Å². The molecule has 0 heterocycles. The molecule has 2 aromatic rings. The van der Waals surface area contributed by atoms with Crippen LogP contribution in [-0.4, -0.2) is 11.9 Å². The number of rotatable bonds is 4. The first-order valence-electron chi connectivity index (χ1n) is 6.66. The number of benzene rings is 2. The molecule has 1 aliphatic rings. The minimum Gasteiger partial charge on any atom is -0.396 e. The predicted molar refractivity (Wildman–Crippen MR) is 80.6 cm³/mol. The average Bonchev–Trinajstić information content (AvgIpc) is 3.21. The van der Waals surface area contributed by atoms with Crippen LogP contribution in [0.15, 0.2) is 48.5 Å². The third-order valence-electron chi connectivity index (χ3n) is 3.73. The molecule has 2 unspecified atom stereocenters. The molecule has 1 saturated carbocycles. The fourth-order valence-corrected chi connectivity index (χ4v) is 2.53. The summed E-state index contributed by atoms with van der Waals surface area (Å²) in [4.78, 5) is 11.3. The summed E-state index contributed by atoms with van der Waals surface area (Å²) in [5.74, 6) is 0.00869. The molecule has 2 atom stereocenters. The van der Waals surface area contributed by atoms with E-state index in [0.29, 0.717) is 23.2 Å². The van der Waals surface area contributed by atoms with E-state index in [0.717, 1.165) is 12.1 Å². The van der Waals surface area contributed by atoms with Crippen molar-refractivity contribution >= 4 is 17.3 Å². The van der Waals surface area contributed by atoms with Crippen LogP contribution in [-0.2, 0) is 0 Å². The van der Waals surface area contributed by atoms with Crippen LogP contribution in [0.3, 0.4) is 0 Å². The first-order chi connectivity index (χ1) is 9.66. The Labute approximate surface area is 117 Å². The van der Waals surface area contributed by atoms with E-state index in [1.807, 2.05) is 24.3 Å². The van der Waals surface area contributed by atoms with E-state index in [1.165, 1.54) is 5.56 Å². The Balaban J connectivity index is 1.75. The van der Waals surface area contributed by atoms with Gasteiger partial charge in [-0.15, -0.1) is 0 Å².